The van der Waals surface area contributed by atoms with Gasteiger partial charge in [-0.3, -0.25) is 19.7 Å². The van der Waals surface area contributed by atoms with E-state index in [1.165, 1.54) is 18.2 Å². The lowest BCUT2D eigenvalue weighted by Gasteiger charge is -2.15. The molecule has 3 N–H and O–H groups in total. The molecule has 0 bridgehead atoms. The van der Waals surface area contributed by atoms with E-state index in [-0.39, 0.29) is 17.7 Å². The summed E-state index contributed by atoms with van der Waals surface area (Å²) >= 11 is 0. The van der Waals surface area contributed by atoms with Crippen molar-refractivity contribution in [1.82, 2.24) is 5.32 Å². The summed E-state index contributed by atoms with van der Waals surface area (Å²) in [6.45, 7) is 0. The number of benzene rings is 2. The Morgan fingerprint density at radius 3 is 2.30 bits per heavy atom. The van der Waals surface area contributed by atoms with Gasteiger partial charge in [0.05, 0.1) is 11.3 Å². The summed E-state index contributed by atoms with van der Waals surface area (Å²) in [6, 6.07) is 13.5. The first-order chi connectivity index (χ1) is 11.0. The maximum atomic E-state index is 12.1. The number of nitro groups is 1. The lowest BCUT2D eigenvalue weighted by molar-refractivity contribution is -0.385. The molecule has 0 aliphatic carbocycles. The summed E-state index contributed by atoms with van der Waals surface area (Å²) in [5, 5.41) is 13.5. The first-order valence-corrected chi connectivity index (χ1v) is 6.85. The lowest BCUT2D eigenvalue weighted by Crippen LogP contribution is -2.38. The molecule has 0 spiro atoms. The Kier molecular flexibility index (Phi) is 5.03. The van der Waals surface area contributed by atoms with E-state index >= 15 is 0 Å². The molecule has 2 rings (SSSR count). The molecule has 0 aromatic heterocycles. The van der Waals surface area contributed by atoms with Crippen LogP contribution in [0.4, 0.5) is 5.69 Å². The molecule has 2 aromatic carbocycles. The topological polar surface area (TPSA) is 115 Å². The van der Waals surface area contributed by atoms with Crippen LogP contribution >= 0.6 is 0 Å². The number of nitro benzene ring substituents is 1. The van der Waals surface area contributed by atoms with Gasteiger partial charge in [0.2, 0.25) is 11.8 Å². The van der Waals surface area contributed by atoms with Crippen LogP contribution in [0.25, 0.3) is 0 Å². The van der Waals surface area contributed by atoms with Crippen LogP contribution in [-0.4, -0.2) is 16.7 Å². The van der Waals surface area contributed by atoms with Gasteiger partial charge < -0.3 is 11.1 Å². The largest absolute Gasteiger partial charge is 0.368 e. The molecule has 0 heterocycles. The molecular formula is C16H15N3O4. The van der Waals surface area contributed by atoms with E-state index in [9.17, 15) is 19.7 Å². The van der Waals surface area contributed by atoms with Crippen LogP contribution in [0.1, 0.15) is 17.2 Å². The highest BCUT2D eigenvalue weighted by molar-refractivity contribution is 5.88. The van der Waals surface area contributed by atoms with E-state index in [1.807, 2.05) is 0 Å². The standard InChI is InChI=1S/C16H15N3O4/c17-16(21)15(11-6-2-1-3-7-11)18-14(20)10-12-8-4-5-9-13(12)19(22)23/h1-9,15H,10H2,(H2,17,21)(H,18,20). The number of nitrogens with one attached hydrogen (secondary N) is 1. The fraction of sp³-hybridized carbons (Fsp3) is 0.125. The second-order valence-corrected chi connectivity index (χ2v) is 4.88. The molecule has 7 heteroatoms. The molecular weight excluding hydrogens is 298 g/mol. The minimum atomic E-state index is -0.980. The van der Waals surface area contributed by atoms with Gasteiger partial charge in [-0.1, -0.05) is 48.5 Å². The molecule has 1 unspecified atom stereocenters. The van der Waals surface area contributed by atoms with Crippen molar-refractivity contribution >= 4 is 17.5 Å². The van der Waals surface area contributed by atoms with Crippen LogP contribution < -0.4 is 11.1 Å². The molecule has 7 nitrogen and oxygen atoms in total. The quantitative estimate of drug-likeness (QED) is 0.620. The van der Waals surface area contributed by atoms with Crippen molar-refractivity contribution in [3.8, 4) is 0 Å². The number of primary amides is 1. The van der Waals surface area contributed by atoms with Crippen LogP contribution in [0.2, 0.25) is 0 Å². The molecule has 0 fully saturated rings. The van der Waals surface area contributed by atoms with Crippen molar-refractivity contribution in [2.24, 2.45) is 5.73 Å². The number of nitrogens with two attached hydrogens (primary N) is 1. The van der Waals surface area contributed by atoms with Gasteiger partial charge in [-0.2, -0.15) is 0 Å². The Hall–Kier alpha value is -3.22. The third-order valence-corrected chi connectivity index (χ3v) is 3.26. The number of carbonyl (C=O) groups is 2. The van der Waals surface area contributed by atoms with Gasteiger partial charge >= 0.3 is 0 Å². The van der Waals surface area contributed by atoms with Crippen molar-refractivity contribution in [3.63, 3.8) is 0 Å². The molecule has 0 saturated heterocycles. The summed E-state index contributed by atoms with van der Waals surface area (Å²) < 4.78 is 0. The number of para-hydroxylation sites is 1. The van der Waals surface area contributed by atoms with E-state index in [0.717, 1.165) is 0 Å². The van der Waals surface area contributed by atoms with E-state index in [4.69, 9.17) is 5.73 Å². The zero-order chi connectivity index (χ0) is 16.8. The monoisotopic (exact) mass is 313 g/mol. The van der Waals surface area contributed by atoms with Gasteiger partial charge in [-0.25, -0.2) is 0 Å². The fourth-order valence-electron chi connectivity index (χ4n) is 2.19. The van der Waals surface area contributed by atoms with Crippen LogP contribution in [0.15, 0.2) is 54.6 Å². The normalized spacial score (nSPS) is 11.5. The predicted molar refractivity (Wildman–Crippen MR) is 83.3 cm³/mol. The first-order valence-electron chi connectivity index (χ1n) is 6.85. The molecule has 0 saturated carbocycles. The Bertz CT molecular complexity index is 731. The molecule has 118 valence electrons. The number of amides is 2. The average molecular weight is 313 g/mol. The van der Waals surface area contributed by atoms with Crippen molar-refractivity contribution < 1.29 is 14.5 Å². The summed E-state index contributed by atoms with van der Waals surface area (Å²) in [5.74, 6) is -1.22. The number of hydrogen-bond donors (Lipinski definition) is 2. The van der Waals surface area contributed by atoms with Gasteiger partial charge in [0.1, 0.15) is 6.04 Å². The van der Waals surface area contributed by atoms with Crippen molar-refractivity contribution in [1.29, 1.82) is 0 Å². The highest BCUT2D eigenvalue weighted by atomic mass is 16.6. The van der Waals surface area contributed by atoms with Crippen LogP contribution in [0, 0.1) is 10.1 Å². The Morgan fingerprint density at radius 1 is 1.09 bits per heavy atom. The number of nitrogens with zero attached hydrogens (tertiary/aromatic N) is 1. The highest BCUT2D eigenvalue weighted by Crippen LogP contribution is 2.19. The van der Waals surface area contributed by atoms with E-state index in [0.29, 0.717) is 5.56 Å². The molecule has 0 aliphatic heterocycles. The van der Waals surface area contributed by atoms with Gasteiger partial charge in [-0.15, -0.1) is 0 Å². The predicted octanol–water partition coefficient (Wildman–Crippen LogP) is 1.48. The van der Waals surface area contributed by atoms with Gasteiger partial charge in [0.25, 0.3) is 5.69 Å². The van der Waals surface area contributed by atoms with Crippen molar-refractivity contribution in [2.75, 3.05) is 0 Å². The number of carbonyl (C=O) groups excluding carboxylic acids is 2. The Morgan fingerprint density at radius 2 is 1.70 bits per heavy atom. The molecule has 1 atom stereocenters. The number of rotatable bonds is 6. The van der Waals surface area contributed by atoms with E-state index in [1.54, 1.807) is 36.4 Å². The molecule has 2 aromatic rings. The zero-order valence-electron chi connectivity index (χ0n) is 12.1. The first kappa shape index (κ1) is 16.2. The van der Waals surface area contributed by atoms with E-state index in [2.05, 4.69) is 5.32 Å². The summed E-state index contributed by atoms with van der Waals surface area (Å²) in [4.78, 5) is 34.1. The summed E-state index contributed by atoms with van der Waals surface area (Å²) in [5.41, 5.74) is 6.01. The minimum absolute atomic E-state index is 0.141. The minimum Gasteiger partial charge on any atom is -0.368 e. The van der Waals surface area contributed by atoms with Gasteiger partial charge in [0.15, 0.2) is 0 Å². The zero-order valence-corrected chi connectivity index (χ0v) is 12.1. The summed E-state index contributed by atoms with van der Waals surface area (Å²) in [6.07, 6.45) is -0.215. The Labute approximate surface area is 132 Å². The maximum absolute atomic E-state index is 12.1. The van der Waals surface area contributed by atoms with Crippen molar-refractivity contribution in [3.05, 3.63) is 75.8 Å². The van der Waals surface area contributed by atoms with Crippen molar-refractivity contribution in [2.45, 2.75) is 12.5 Å². The number of hydrogen-bond acceptors (Lipinski definition) is 4. The summed E-state index contributed by atoms with van der Waals surface area (Å²) in [7, 11) is 0. The highest BCUT2D eigenvalue weighted by Gasteiger charge is 2.22. The smallest absolute Gasteiger partial charge is 0.273 e. The van der Waals surface area contributed by atoms with Gasteiger partial charge in [0, 0.05) is 11.6 Å². The molecule has 0 radical (unpaired) electrons. The maximum Gasteiger partial charge on any atom is 0.273 e. The molecule has 0 aliphatic rings. The van der Waals surface area contributed by atoms with E-state index < -0.39 is 22.8 Å². The lowest BCUT2D eigenvalue weighted by atomic mass is 10.1. The third-order valence-electron chi connectivity index (χ3n) is 3.26. The third kappa shape index (κ3) is 4.13. The fourth-order valence-corrected chi connectivity index (χ4v) is 2.19. The van der Waals surface area contributed by atoms with Gasteiger partial charge in [-0.05, 0) is 5.56 Å². The van der Waals surface area contributed by atoms with Crippen LogP contribution in [0.3, 0.4) is 0 Å². The average Bonchev–Trinajstić information content (AvgIpc) is 2.53. The SMILES string of the molecule is NC(=O)C(NC(=O)Cc1ccccc1[N+](=O)[O-])c1ccccc1. The van der Waals surface area contributed by atoms with Crippen LogP contribution in [-0.2, 0) is 16.0 Å². The second-order valence-electron chi connectivity index (χ2n) is 4.88. The second kappa shape index (κ2) is 7.17. The molecule has 23 heavy (non-hydrogen) atoms. The van der Waals surface area contributed by atoms with Crippen LogP contribution in [0.5, 0.6) is 0 Å². The Balaban J connectivity index is 2.15. The molecule has 2 amide bonds.